The number of hydrogen-bond donors (Lipinski definition) is 0. The van der Waals surface area contributed by atoms with Crippen molar-refractivity contribution in [3.05, 3.63) is 58.3 Å². The summed E-state index contributed by atoms with van der Waals surface area (Å²) in [7, 11) is 1.85. The molecule has 1 amide bonds. The summed E-state index contributed by atoms with van der Waals surface area (Å²) >= 11 is 3.43. The molecule has 2 aromatic rings. The average molecular weight is 335 g/mol. The number of rotatable bonds is 5. The Morgan fingerprint density at radius 3 is 2.65 bits per heavy atom. The van der Waals surface area contributed by atoms with Crippen molar-refractivity contribution in [2.45, 2.75) is 19.9 Å². The average Bonchev–Trinajstić information content (AvgIpc) is 2.86. The van der Waals surface area contributed by atoms with Crippen molar-refractivity contribution in [2.24, 2.45) is 0 Å². The van der Waals surface area contributed by atoms with Gasteiger partial charge in [-0.2, -0.15) is 0 Å². The first-order valence-electron chi connectivity index (χ1n) is 6.77. The minimum absolute atomic E-state index is 0.0634. The zero-order valence-corrected chi connectivity index (χ0v) is 13.4. The van der Waals surface area contributed by atoms with Gasteiger partial charge in [-0.3, -0.25) is 4.79 Å². The van der Waals surface area contributed by atoms with Gasteiger partial charge in [0.25, 0.3) is 5.91 Å². The van der Waals surface area contributed by atoms with E-state index in [0.717, 1.165) is 29.7 Å². The molecule has 0 aliphatic rings. The van der Waals surface area contributed by atoms with Crippen LogP contribution in [0.4, 0.5) is 0 Å². The second-order valence-corrected chi connectivity index (χ2v) is 5.71. The van der Waals surface area contributed by atoms with E-state index in [1.807, 2.05) is 49.0 Å². The number of nitrogens with zero attached hydrogens (tertiary/aromatic N) is 2. The number of aryl methyl sites for hydroxylation is 1. The molecule has 1 heterocycles. The van der Waals surface area contributed by atoms with Crippen LogP contribution in [0.5, 0.6) is 0 Å². The van der Waals surface area contributed by atoms with E-state index in [1.54, 1.807) is 4.90 Å². The van der Waals surface area contributed by atoms with E-state index in [-0.39, 0.29) is 5.91 Å². The maximum absolute atomic E-state index is 12.4. The van der Waals surface area contributed by atoms with Crippen LogP contribution in [-0.4, -0.2) is 29.0 Å². The standard InChI is InChI=1S/C16H19BrN2O/c1-3-19-12-14(17)11-15(19)16(20)18(2)10-9-13-7-5-4-6-8-13/h4-8,11-12H,3,9-10H2,1-2H3. The number of amides is 1. The van der Waals surface area contributed by atoms with Gasteiger partial charge in [0.2, 0.25) is 0 Å². The third-order valence-corrected chi connectivity index (χ3v) is 3.78. The van der Waals surface area contributed by atoms with Gasteiger partial charge < -0.3 is 9.47 Å². The van der Waals surface area contributed by atoms with E-state index >= 15 is 0 Å². The van der Waals surface area contributed by atoms with Gasteiger partial charge in [-0.05, 0) is 40.9 Å². The van der Waals surface area contributed by atoms with Gasteiger partial charge >= 0.3 is 0 Å². The molecular weight excluding hydrogens is 316 g/mol. The van der Waals surface area contributed by atoms with E-state index < -0.39 is 0 Å². The Balaban J connectivity index is 2.01. The van der Waals surface area contributed by atoms with Crippen LogP contribution in [0.3, 0.4) is 0 Å². The fourth-order valence-electron chi connectivity index (χ4n) is 2.15. The molecule has 0 aliphatic carbocycles. The second kappa shape index (κ2) is 6.75. The summed E-state index contributed by atoms with van der Waals surface area (Å²) in [4.78, 5) is 14.2. The molecule has 1 aromatic heterocycles. The summed E-state index contributed by atoms with van der Waals surface area (Å²) in [5, 5.41) is 0. The maximum atomic E-state index is 12.4. The van der Waals surface area contributed by atoms with E-state index in [9.17, 15) is 4.79 Å². The van der Waals surface area contributed by atoms with Crippen LogP contribution in [0, 0.1) is 0 Å². The molecule has 0 N–H and O–H groups in total. The van der Waals surface area contributed by atoms with Crippen LogP contribution < -0.4 is 0 Å². The SMILES string of the molecule is CCn1cc(Br)cc1C(=O)N(C)CCc1ccccc1. The fourth-order valence-corrected chi connectivity index (χ4v) is 2.62. The summed E-state index contributed by atoms with van der Waals surface area (Å²) in [6, 6.07) is 12.1. The molecule has 0 radical (unpaired) electrons. The molecule has 4 heteroatoms. The molecule has 3 nitrogen and oxygen atoms in total. The van der Waals surface area contributed by atoms with Crippen molar-refractivity contribution in [3.63, 3.8) is 0 Å². The van der Waals surface area contributed by atoms with Gasteiger partial charge in [-0.25, -0.2) is 0 Å². The molecule has 0 saturated heterocycles. The number of hydrogen-bond acceptors (Lipinski definition) is 1. The van der Waals surface area contributed by atoms with Crippen molar-refractivity contribution in [1.82, 2.24) is 9.47 Å². The van der Waals surface area contributed by atoms with Crippen molar-refractivity contribution < 1.29 is 4.79 Å². The van der Waals surface area contributed by atoms with Gasteiger partial charge in [0.1, 0.15) is 5.69 Å². The molecule has 106 valence electrons. The summed E-state index contributed by atoms with van der Waals surface area (Å²) < 4.78 is 2.91. The quantitative estimate of drug-likeness (QED) is 0.820. The minimum Gasteiger partial charge on any atom is -0.343 e. The zero-order chi connectivity index (χ0) is 14.5. The third-order valence-electron chi connectivity index (χ3n) is 3.35. The Hall–Kier alpha value is -1.55. The van der Waals surface area contributed by atoms with E-state index in [0.29, 0.717) is 0 Å². The molecule has 0 spiro atoms. The maximum Gasteiger partial charge on any atom is 0.270 e. The zero-order valence-electron chi connectivity index (χ0n) is 11.8. The molecule has 0 fully saturated rings. The summed E-state index contributed by atoms with van der Waals surface area (Å²) in [6.07, 6.45) is 2.81. The van der Waals surface area contributed by atoms with Gasteiger partial charge in [-0.1, -0.05) is 30.3 Å². The molecule has 0 aliphatic heterocycles. The highest BCUT2D eigenvalue weighted by Crippen LogP contribution is 2.16. The van der Waals surface area contributed by atoms with Crippen LogP contribution in [-0.2, 0) is 13.0 Å². The van der Waals surface area contributed by atoms with E-state index in [4.69, 9.17) is 0 Å². The number of carbonyl (C=O) groups is 1. The number of likely N-dealkylation sites (N-methyl/N-ethyl adjacent to an activating group) is 1. The van der Waals surface area contributed by atoms with Crippen LogP contribution in [0.15, 0.2) is 47.1 Å². The Kier molecular flexibility index (Phi) is 5.01. The van der Waals surface area contributed by atoms with Crippen molar-refractivity contribution >= 4 is 21.8 Å². The highest BCUT2D eigenvalue weighted by atomic mass is 79.9. The predicted octanol–water partition coefficient (Wildman–Crippen LogP) is 3.59. The monoisotopic (exact) mass is 334 g/mol. The lowest BCUT2D eigenvalue weighted by molar-refractivity contribution is 0.0786. The fraction of sp³-hybridized carbons (Fsp3) is 0.312. The molecule has 0 bridgehead atoms. The first kappa shape index (κ1) is 14.9. The van der Waals surface area contributed by atoms with Crippen LogP contribution >= 0.6 is 15.9 Å². The van der Waals surface area contributed by atoms with Gasteiger partial charge in [0.05, 0.1) is 0 Å². The highest BCUT2D eigenvalue weighted by molar-refractivity contribution is 9.10. The number of carbonyl (C=O) groups excluding carboxylic acids is 1. The van der Waals surface area contributed by atoms with Crippen LogP contribution in [0.1, 0.15) is 23.0 Å². The predicted molar refractivity (Wildman–Crippen MR) is 84.9 cm³/mol. The smallest absolute Gasteiger partial charge is 0.270 e. The number of halogens is 1. The summed E-state index contributed by atoms with van der Waals surface area (Å²) in [5.74, 6) is 0.0634. The molecular formula is C16H19BrN2O. The Morgan fingerprint density at radius 1 is 1.30 bits per heavy atom. The number of aromatic nitrogens is 1. The lowest BCUT2D eigenvalue weighted by Gasteiger charge is -2.18. The highest BCUT2D eigenvalue weighted by Gasteiger charge is 2.16. The molecule has 20 heavy (non-hydrogen) atoms. The van der Waals surface area contributed by atoms with Crippen LogP contribution in [0.2, 0.25) is 0 Å². The second-order valence-electron chi connectivity index (χ2n) is 4.79. The third kappa shape index (κ3) is 3.51. The largest absolute Gasteiger partial charge is 0.343 e. The van der Waals surface area contributed by atoms with Crippen molar-refractivity contribution in [3.8, 4) is 0 Å². The topological polar surface area (TPSA) is 25.2 Å². The minimum atomic E-state index is 0.0634. The molecule has 0 atom stereocenters. The lowest BCUT2D eigenvalue weighted by Crippen LogP contribution is -2.30. The molecule has 2 rings (SSSR count). The first-order valence-corrected chi connectivity index (χ1v) is 7.56. The molecule has 0 saturated carbocycles. The lowest BCUT2D eigenvalue weighted by atomic mass is 10.1. The van der Waals surface area contributed by atoms with Crippen molar-refractivity contribution in [2.75, 3.05) is 13.6 Å². The Morgan fingerprint density at radius 2 is 2.00 bits per heavy atom. The van der Waals surface area contributed by atoms with Crippen LogP contribution in [0.25, 0.3) is 0 Å². The van der Waals surface area contributed by atoms with E-state index in [1.165, 1.54) is 5.56 Å². The Labute approximate surface area is 128 Å². The first-order chi connectivity index (χ1) is 9.61. The summed E-state index contributed by atoms with van der Waals surface area (Å²) in [5.41, 5.74) is 1.98. The summed E-state index contributed by atoms with van der Waals surface area (Å²) in [6.45, 7) is 3.54. The van der Waals surface area contributed by atoms with E-state index in [2.05, 4.69) is 28.1 Å². The van der Waals surface area contributed by atoms with Gasteiger partial charge in [0.15, 0.2) is 0 Å². The van der Waals surface area contributed by atoms with Gasteiger partial charge in [0, 0.05) is 30.8 Å². The van der Waals surface area contributed by atoms with Gasteiger partial charge in [-0.15, -0.1) is 0 Å². The molecule has 1 aromatic carbocycles. The Bertz CT molecular complexity index is 577. The number of benzene rings is 1. The molecule has 0 unspecified atom stereocenters. The van der Waals surface area contributed by atoms with Crippen molar-refractivity contribution in [1.29, 1.82) is 0 Å². The normalized spacial score (nSPS) is 10.6.